The molecule has 1 heterocycles. The molecule has 3 aromatic rings. The van der Waals surface area contributed by atoms with Crippen molar-refractivity contribution in [3.63, 3.8) is 0 Å². The van der Waals surface area contributed by atoms with E-state index in [9.17, 15) is 9.59 Å². The number of benzene rings is 2. The predicted molar refractivity (Wildman–Crippen MR) is 111 cm³/mol. The van der Waals surface area contributed by atoms with Gasteiger partial charge in [-0.25, -0.2) is 0 Å². The number of aromatic amines is 1. The SMILES string of the molecule is CN(C)c1ccc(/C=C/C(=O)NCCNC(=O)c2n[nH]c3ccccc23)cc1. The Kier molecular flexibility index (Phi) is 6.06. The zero-order chi connectivity index (χ0) is 19.9. The summed E-state index contributed by atoms with van der Waals surface area (Å²) in [6.07, 6.45) is 3.23. The number of nitrogens with zero attached hydrogens (tertiary/aromatic N) is 2. The molecule has 0 saturated heterocycles. The molecule has 0 aliphatic heterocycles. The highest BCUT2D eigenvalue weighted by atomic mass is 16.2. The standard InChI is InChI=1S/C21H23N5O2/c1-26(2)16-10-7-15(8-11-16)9-12-19(27)22-13-14-23-21(28)20-17-5-3-4-6-18(17)24-25-20/h3-12H,13-14H2,1-2H3,(H,22,27)(H,23,28)(H,24,25)/b12-9+. The van der Waals surface area contributed by atoms with Crippen LogP contribution in [0.15, 0.2) is 54.6 Å². The van der Waals surface area contributed by atoms with Crippen LogP contribution in [0.5, 0.6) is 0 Å². The number of H-pyrrole nitrogens is 1. The van der Waals surface area contributed by atoms with Crippen LogP contribution in [0.4, 0.5) is 5.69 Å². The summed E-state index contributed by atoms with van der Waals surface area (Å²) in [6.45, 7) is 0.647. The number of amides is 2. The maximum atomic E-state index is 12.2. The van der Waals surface area contributed by atoms with Crippen molar-refractivity contribution in [2.45, 2.75) is 0 Å². The van der Waals surface area contributed by atoms with E-state index in [-0.39, 0.29) is 11.8 Å². The van der Waals surface area contributed by atoms with Crippen molar-refractivity contribution in [3.05, 3.63) is 65.9 Å². The van der Waals surface area contributed by atoms with E-state index in [1.54, 1.807) is 6.08 Å². The van der Waals surface area contributed by atoms with Gasteiger partial charge in [0.05, 0.1) is 5.52 Å². The monoisotopic (exact) mass is 377 g/mol. The maximum absolute atomic E-state index is 12.2. The fourth-order valence-electron chi connectivity index (χ4n) is 2.70. The molecule has 3 rings (SSSR count). The third-order valence-corrected chi connectivity index (χ3v) is 4.23. The lowest BCUT2D eigenvalue weighted by atomic mass is 10.2. The first-order valence-corrected chi connectivity index (χ1v) is 8.99. The van der Waals surface area contributed by atoms with Crippen molar-refractivity contribution in [3.8, 4) is 0 Å². The van der Waals surface area contributed by atoms with Crippen LogP contribution < -0.4 is 15.5 Å². The lowest BCUT2D eigenvalue weighted by molar-refractivity contribution is -0.116. The van der Waals surface area contributed by atoms with Gasteiger partial charge in [0.25, 0.3) is 5.91 Å². The van der Waals surface area contributed by atoms with Crippen LogP contribution >= 0.6 is 0 Å². The molecule has 0 fully saturated rings. The van der Waals surface area contributed by atoms with Crippen LogP contribution in [0.2, 0.25) is 0 Å². The van der Waals surface area contributed by atoms with E-state index in [1.807, 2.05) is 67.5 Å². The number of hydrogen-bond donors (Lipinski definition) is 3. The fraction of sp³-hybridized carbons (Fsp3) is 0.190. The maximum Gasteiger partial charge on any atom is 0.272 e. The Hall–Kier alpha value is -3.61. The summed E-state index contributed by atoms with van der Waals surface area (Å²) in [6, 6.07) is 15.3. The molecule has 0 unspecified atom stereocenters. The predicted octanol–water partition coefficient (Wildman–Crippen LogP) is 2.19. The molecule has 0 atom stereocenters. The first-order chi connectivity index (χ1) is 13.5. The molecule has 0 saturated carbocycles. The van der Waals surface area contributed by atoms with E-state index in [0.29, 0.717) is 18.8 Å². The minimum atomic E-state index is -0.275. The van der Waals surface area contributed by atoms with Gasteiger partial charge < -0.3 is 15.5 Å². The number of carbonyl (C=O) groups is 2. The molecule has 7 heteroatoms. The molecule has 0 aliphatic rings. The number of carbonyl (C=O) groups excluding carboxylic acids is 2. The number of rotatable bonds is 7. The number of fused-ring (bicyclic) bond motifs is 1. The van der Waals surface area contributed by atoms with Crippen molar-refractivity contribution in [2.75, 3.05) is 32.1 Å². The molecule has 1 aromatic heterocycles. The van der Waals surface area contributed by atoms with E-state index in [1.165, 1.54) is 6.08 Å². The Morgan fingerprint density at radius 2 is 1.75 bits per heavy atom. The van der Waals surface area contributed by atoms with Crippen molar-refractivity contribution >= 4 is 34.5 Å². The van der Waals surface area contributed by atoms with Gasteiger partial charge in [0.1, 0.15) is 0 Å². The second-order valence-electron chi connectivity index (χ2n) is 6.48. The van der Waals surface area contributed by atoms with Crippen molar-refractivity contribution in [1.82, 2.24) is 20.8 Å². The van der Waals surface area contributed by atoms with E-state index in [4.69, 9.17) is 0 Å². The lowest BCUT2D eigenvalue weighted by Crippen LogP contribution is -2.34. The van der Waals surface area contributed by atoms with Gasteiger partial charge in [0.15, 0.2) is 5.69 Å². The first-order valence-electron chi connectivity index (χ1n) is 8.99. The summed E-state index contributed by atoms with van der Waals surface area (Å²) in [5.41, 5.74) is 3.20. The van der Waals surface area contributed by atoms with Crippen LogP contribution in [0.3, 0.4) is 0 Å². The number of hydrogen-bond acceptors (Lipinski definition) is 4. The molecule has 7 nitrogen and oxygen atoms in total. The molecule has 2 aromatic carbocycles. The van der Waals surface area contributed by atoms with Crippen LogP contribution in [-0.2, 0) is 4.79 Å². The summed E-state index contributed by atoms with van der Waals surface area (Å²) >= 11 is 0. The van der Waals surface area contributed by atoms with Gasteiger partial charge in [-0.1, -0.05) is 30.3 Å². The Morgan fingerprint density at radius 1 is 1.04 bits per heavy atom. The van der Waals surface area contributed by atoms with Crippen molar-refractivity contribution in [1.29, 1.82) is 0 Å². The van der Waals surface area contributed by atoms with Gasteiger partial charge in [-0.05, 0) is 29.8 Å². The molecule has 28 heavy (non-hydrogen) atoms. The highest BCUT2D eigenvalue weighted by Crippen LogP contribution is 2.14. The van der Waals surface area contributed by atoms with Crippen molar-refractivity contribution < 1.29 is 9.59 Å². The molecule has 2 amide bonds. The van der Waals surface area contributed by atoms with Crippen LogP contribution in [0.25, 0.3) is 17.0 Å². The largest absolute Gasteiger partial charge is 0.378 e. The molecule has 0 radical (unpaired) electrons. The molecule has 3 N–H and O–H groups in total. The average Bonchev–Trinajstić information content (AvgIpc) is 3.14. The molecule has 0 aliphatic carbocycles. The van der Waals surface area contributed by atoms with Crippen LogP contribution in [0.1, 0.15) is 16.1 Å². The number of anilines is 1. The van der Waals surface area contributed by atoms with Gasteiger partial charge >= 0.3 is 0 Å². The summed E-state index contributed by atoms with van der Waals surface area (Å²) in [5, 5.41) is 13.1. The number of para-hydroxylation sites is 1. The van der Waals surface area contributed by atoms with Gasteiger partial charge in [-0.2, -0.15) is 5.10 Å². The summed E-state index contributed by atoms with van der Waals surface area (Å²) < 4.78 is 0. The minimum absolute atomic E-state index is 0.212. The number of nitrogens with one attached hydrogen (secondary N) is 3. The highest BCUT2D eigenvalue weighted by Gasteiger charge is 2.12. The highest BCUT2D eigenvalue weighted by molar-refractivity contribution is 6.04. The van der Waals surface area contributed by atoms with Crippen molar-refractivity contribution in [2.24, 2.45) is 0 Å². The minimum Gasteiger partial charge on any atom is -0.378 e. The third kappa shape index (κ3) is 4.76. The molecule has 144 valence electrons. The van der Waals surface area contributed by atoms with Gasteiger partial charge in [0, 0.05) is 44.3 Å². The van der Waals surface area contributed by atoms with Gasteiger partial charge in [-0.15, -0.1) is 0 Å². The second kappa shape index (κ2) is 8.85. The Morgan fingerprint density at radius 3 is 2.50 bits per heavy atom. The smallest absolute Gasteiger partial charge is 0.272 e. The lowest BCUT2D eigenvalue weighted by Gasteiger charge is -2.11. The average molecular weight is 377 g/mol. The third-order valence-electron chi connectivity index (χ3n) is 4.23. The molecule has 0 bridgehead atoms. The summed E-state index contributed by atoms with van der Waals surface area (Å²) in [7, 11) is 3.96. The Balaban J connectivity index is 1.43. The topological polar surface area (TPSA) is 90.1 Å². The van der Waals surface area contributed by atoms with Gasteiger partial charge in [0.2, 0.25) is 5.91 Å². The first kappa shape index (κ1) is 19.2. The number of aromatic nitrogens is 2. The molecular formula is C21H23N5O2. The Labute approximate surface area is 163 Å². The zero-order valence-corrected chi connectivity index (χ0v) is 15.9. The summed E-state index contributed by atoms with van der Waals surface area (Å²) in [5.74, 6) is -0.487. The Bertz CT molecular complexity index is 989. The summed E-state index contributed by atoms with van der Waals surface area (Å²) in [4.78, 5) is 26.1. The van der Waals surface area contributed by atoms with E-state index in [2.05, 4.69) is 20.8 Å². The van der Waals surface area contributed by atoms with Gasteiger partial charge in [-0.3, -0.25) is 14.7 Å². The molecule has 0 spiro atoms. The van der Waals surface area contributed by atoms with E-state index < -0.39 is 0 Å². The van der Waals surface area contributed by atoms with Crippen LogP contribution in [-0.4, -0.2) is 49.2 Å². The van der Waals surface area contributed by atoms with E-state index in [0.717, 1.165) is 22.2 Å². The zero-order valence-electron chi connectivity index (χ0n) is 15.9. The normalized spacial score (nSPS) is 10.9. The molecular weight excluding hydrogens is 354 g/mol. The van der Waals surface area contributed by atoms with E-state index >= 15 is 0 Å². The van der Waals surface area contributed by atoms with Crippen LogP contribution in [0, 0.1) is 0 Å². The second-order valence-corrected chi connectivity index (χ2v) is 6.48. The quantitative estimate of drug-likeness (QED) is 0.435. The fourth-order valence-corrected chi connectivity index (χ4v) is 2.70.